The molecule has 0 amide bonds. The summed E-state index contributed by atoms with van der Waals surface area (Å²) in [6, 6.07) is 0. The Kier molecular flexibility index (Phi) is 5.02. The first-order valence-corrected chi connectivity index (χ1v) is 7.16. The molecule has 0 radical (unpaired) electrons. The third kappa shape index (κ3) is 3.57. The van der Waals surface area contributed by atoms with Gasteiger partial charge in [0.05, 0.1) is 19.3 Å². The lowest BCUT2D eigenvalue weighted by Gasteiger charge is -2.36. The number of aliphatic hydroxyl groups is 3. The molecule has 2 aliphatic rings. The number of halogens is 1. The van der Waals surface area contributed by atoms with Crippen molar-refractivity contribution in [2.45, 2.75) is 42.8 Å². The number of nitrogens with zero attached hydrogens (tertiary/aromatic N) is 1. The van der Waals surface area contributed by atoms with E-state index in [9.17, 15) is 14.6 Å². The summed E-state index contributed by atoms with van der Waals surface area (Å²) in [4.78, 5) is 1.63. The Labute approximate surface area is 115 Å². The molecule has 2 rings (SSSR count). The van der Waals surface area contributed by atoms with Gasteiger partial charge >= 0.3 is 0 Å². The molecule has 0 aromatic heterocycles. The SMILES string of the molecule is N=C(S[C@@H]1CC(O)[C@H](O)C(CO)O1)N1CCC(F)C1. The first-order chi connectivity index (χ1) is 9.01. The molecule has 0 spiro atoms. The van der Waals surface area contributed by atoms with E-state index in [0.29, 0.717) is 13.0 Å². The third-order valence-electron chi connectivity index (χ3n) is 3.38. The molecule has 6 nitrogen and oxygen atoms in total. The van der Waals surface area contributed by atoms with E-state index in [2.05, 4.69) is 0 Å². The third-order valence-corrected chi connectivity index (χ3v) is 4.42. The number of amidine groups is 1. The molecule has 0 aromatic carbocycles. The van der Waals surface area contributed by atoms with Crippen molar-refractivity contribution in [3.05, 3.63) is 0 Å². The number of rotatable bonds is 2. The number of alkyl halides is 1. The summed E-state index contributed by atoms with van der Waals surface area (Å²) < 4.78 is 18.5. The van der Waals surface area contributed by atoms with Gasteiger partial charge in [-0.25, -0.2) is 4.39 Å². The van der Waals surface area contributed by atoms with Crippen LogP contribution in [0.25, 0.3) is 0 Å². The van der Waals surface area contributed by atoms with Crippen LogP contribution in [0.5, 0.6) is 0 Å². The fraction of sp³-hybridized carbons (Fsp3) is 0.909. The van der Waals surface area contributed by atoms with E-state index in [4.69, 9.17) is 15.3 Å². The van der Waals surface area contributed by atoms with Crippen molar-refractivity contribution in [1.82, 2.24) is 4.90 Å². The quantitative estimate of drug-likeness (QED) is 0.406. The van der Waals surface area contributed by atoms with Crippen molar-refractivity contribution in [3.63, 3.8) is 0 Å². The molecule has 3 unspecified atom stereocenters. The lowest BCUT2D eigenvalue weighted by Crippen LogP contribution is -2.49. The average molecular weight is 294 g/mol. The molecular formula is C11H19FN2O4S. The van der Waals surface area contributed by atoms with E-state index in [1.807, 2.05) is 0 Å². The van der Waals surface area contributed by atoms with Gasteiger partial charge < -0.3 is 25.0 Å². The maximum absolute atomic E-state index is 13.1. The van der Waals surface area contributed by atoms with Crippen molar-refractivity contribution >= 4 is 16.9 Å². The van der Waals surface area contributed by atoms with Gasteiger partial charge in [-0.05, 0) is 6.42 Å². The van der Waals surface area contributed by atoms with E-state index in [0.717, 1.165) is 11.8 Å². The van der Waals surface area contributed by atoms with Gasteiger partial charge in [0, 0.05) is 13.0 Å². The van der Waals surface area contributed by atoms with Crippen LogP contribution in [-0.4, -0.2) is 75.0 Å². The number of hydrogen-bond acceptors (Lipinski definition) is 6. The predicted octanol–water partition coefficient (Wildman–Crippen LogP) is -0.473. The molecule has 2 saturated heterocycles. The maximum Gasteiger partial charge on any atom is 0.158 e. The summed E-state index contributed by atoms with van der Waals surface area (Å²) in [5.74, 6) is 0. The molecule has 19 heavy (non-hydrogen) atoms. The van der Waals surface area contributed by atoms with E-state index in [1.54, 1.807) is 4.90 Å². The molecule has 0 aliphatic carbocycles. The van der Waals surface area contributed by atoms with Crippen LogP contribution in [0.2, 0.25) is 0 Å². The van der Waals surface area contributed by atoms with Crippen molar-refractivity contribution in [3.8, 4) is 0 Å². The maximum atomic E-state index is 13.1. The molecule has 2 heterocycles. The van der Waals surface area contributed by atoms with Crippen molar-refractivity contribution < 1.29 is 24.4 Å². The van der Waals surface area contributed by atoms with Crippen LogP contribution in [0.1, 0.15) is 12.8 Å². The average Bonchev–Trinajstić information content (AvgIpc) is 2.80. The van der Waals surface area contributed by atoms with Crippen LogP contribution in [0.3, 0.4) is 0 Å². The van der Waals surface area contributed by atoms with Gasteiger partial charge in [0.25, 0.3) is 0 Å². The fourth-order valence-electron chi connectivity index (χ4n) is 2.24. The highest BCUT2D eigenvalue weighted by molar-refractivity contribution is 8.14. The second-order valence-electron chi connectivity index (χ2n) is 4.84. The van der Waals surface area contributed by atoms with Gasteiger partial charge in [-0.3, -0.25) is 5.41 Å². The van der Waals surface area contributed by atoms with Crippen LogP contribution in [0.4, 0.5) is 4.39 Å². The van der Waals surface area contributed by atoms with Gasteiger partial charge in [-0.1, -0.05) is 11.8 Å². The van der Waals surface area contributed by atoms with Gasteiger partial charge in [0.15, 0.2) is 5.17 Å². The van der Waals surface area contributed by atoms with Crippen LogP contribution in [0.15, 0.2) is 0 Å². The fourth-order valence-corrected chi connectivity index (χ4v) is 3.30. The topological polar surface area (TPSA) is 97.0 Å². The summed E-state index contributed by atoms with van der Waals surface area (Å²) in [6.07, 6.45) is -3.23. The van der Waals surface area contributed by atoms with Crippen LogP contribution < -0.4 is 0 Å². The molecule has 2 aliphatic heterocycles. The Morgan fingerprint density at radius 1 is 1.47 bits per heavy atom. The van der Waals surface area contributed by atoms with Crippen LogP contribution in [-0.2, 0) is 4.74 Å². The highest BCUT2D eigenvalue weighted by atomic mass is 32.2. The molecule has 0 saturated carbocycles. The lowest BCUT2D eigenvalue weighted by molar-refractivity contribution is -0.156. The standard InChI is InChI=1S/C11H19FN2O4S/c12-6-1-2-14(4-6)11(13)19-9-3-7(16)10(17)8(5-15)18-9/h6-10,13,15-17H,1-5H2/t6?,7?,8?,9-,10+/m1/s1. The predicted molar refractivity (Wildman–Crippen MR) is 68.8 cm³/mol. The van der Waals surface area contributed by atoms with Gasteiger partial charge in [-0.2, -0.15) is 0 Å². The van der Waals surface area contributed by atoms with Crippen LogP contribution >= 0.6 is 11.8 Å². The Morgan fingerprint density at radius 3 is 2.79 bits per heavy atom. The summed E-state index contributed by atoms with van der Waals surface area (Å²) >= 11 is 1.08. The molecule has 110 valence electrons. The van der Waals surface area contributed by atoms with E-state index in [-0.39, 0.29) is 24.7 Å². The zero-order valence-corrected chi connectivity index (χ0v) is 11.2. The van der Waals surface area contributed by atoms with Gasteiger partial charge in [0.2, 0.25) is 0 Å². The zero-order chi connectivity index (χ0) is 14.0. The van der Waals surface area contributed by atoms with E-state index in [1.165, 1.54) is 0 Å². The molecular weight excluding hydrogens is 275 g/mol. The smallest absolute Gasteiger partial charge is 0.158 e. The Hall–Kier alpha value is -0.410. The number of aliphatic hydroxyl groups excluding tert-OH is 3. The first-order valence-electron chi connectivity index (χ1n) is 6.28. The number of likely N-dealkylation sites (tertiary alicyclic amines) is 1. The van der Waals surface area contributed by atoms with E-state index < -0.39 is 29.9 Å². The first kappa shape index (κ1) is 15.0. The van der Waals surface area contributed by atoms with Crippen molar-refractivity contribution in [2.75, 3.05) is 19.7 Å². The minimum atomic E-state index is -1.11. The molecule has 8 heteroatoms. The molecule has 4 N–H and O–H groups in total. The second-order valence-corrected chi connectivity index (χ2v) is 5.98. The summed E-state index contributed by atoms with van der Waals surface area (Å²) in [7, 11) is 0. The number of thioether (sulfide) groups is 1. The second kappa shape index (κ2) is 6.36. The lowest BCUT2D eigenvalue weighted by atomic mass is 10.0. The summed E-state index contributed by atoms with van der Waals surface area (Å²) in [5, 5.41) is 36.4. The van der Waals surface area contributed by atoms with Crippen molar-refractivity contribution in [1.29, 1.82) is 5.41 Å². The normalized spacial score (nSPS) is 39.6. The van der Waals surface area contributed by atoms with Crippen molar-refractivity contribution in [2.24, 2.45) is 0 Å². The Bertz CT molecular complexity index is 336. The van der Waals surface area contributed by atoms with Crippen LogP contribution in [0, 0.1) is 5.41 Å². The number of hydrogen-bond donors (Lipinski definition) is 4. The molecule has 0 bridgehead atoms. The largest absolute Gasteiger partial charge is 0.394 e. The Balaban J connectivity index is 1.87. The monoisotopic (exact) mass is 294 g/mol. The minimum absolute atomic E-state index is 0.178. The number of nitrogens with one attached hydrogen (secondary N) is 1. The van der Waals surface area contributed by atoms with Gasteiger partial charge in [-0.15, -0.1) is 0 Å². The highest BCUT2D eigenvalue weighted by Crippen LogP contribution is 2.30. The molecule has 2 fully saturated rings. The number of ether oxygens (including phenoxy) is 1. The molecule has 0 aromatic rings. The van der Waals surface area contributed by atoms with E-state index >= 15 is 0 Å². The Morgan fingerprint density at radius 2 is 2.21 bits per heavy atom. The highest BCUT2D eigenvalue weighted by Gasteiger charge is 2.38. The minimum Gasteiger partial charge on any atom is -0.394 e. The summed E-state index contributed by atoms with van der Waals surface area (Å²) in [5.41, 5.74) is -0.512. The summed E-state index contributed by atoms with van der Waals surface area (Å²) in [6.45, 7) is 0.334. The molecule has 5 atom stereocenters. The zero-order valence-electron chi connectivity index (χ0n) is 10.4. The van der Waals surface area contributed by atoms with Gasteiger partial charge in [0.1, 0.15) is 23.8 Å².